The number of amides is 2. The SMILES string of the molecule is Cl.O=C(NC1CCCN(C(=O)[C@@]23CCCC[C@H]2CNC3)C1)c1cc2ccccc2o1. The molecule has 0 bridgehead atoms. The van der Waals surface area contributed by atoms with Crippen molar-refractivity contribution in [1.82, 2.24) is 15.5 Å². The first-order valence-corrected chi connectivity index (χ1v) is 11.0. The Labute approximate surface area is 183 Å². The van der Waals surface area contributed by atoms with Gasteiger partial charge >= 0.3 is 0 Å². The Balaban J connectivity index is 0.00000218. The third kappa shape index (κ3) is 3.71. The molecule has 5 rings (SSSR count). The van der Waals surface area contributed by atoms with Crippen LogP contribution in [0.5, 0.6) is 0 Å². The average Bonchev–Trinajstić information content (AvgIpc) is 3.38. The summed E-state index contributed by atoms with van der Waals surface area (Å²) in [7, 11) is 0. The van der Waals surface area contributed by atoms with E-state index in [1.54, 1.807) is 6.07 Å². The van der Waals surface area contributed by atoms with Gasteiger partial charge in [0.2, 0.25) is 5.91 Å². The third-order valence-electron chi connectivity index (χ3n) is 7.16. The van der Waals surface area contributed by atoms with E-state index >= 15 is 0 Å². The molecule has 6 nitrogen and oxygen atoms in total. The molecule has 0 radical (unpaired) electrons. The maximum absolute atomic E-state index is 13.5. The lowest BCUT2D eigenvalue weighted by molar-refractivity contribution is -0.146. The van der Waals surface area contributed by atoms with Gasteiger partial charge in [-0.3, -0.25) is 9.59 Å². The second kappa shape index (κ2) is 8.60. The zero-order valence-electron chi connectivity index (χ0n) is 17.2. The Kier molecular flexibility index (Phi) is 6.07. The molecule has 2 saturated heterocycles. The first-order chi connectivity index (χ1) is 14.2. The summed E-state index contributed by atoms with van der Waals surface area (Å²) in [6.07, 6.45) is 6.34. The highest BCUT2D eigenvalue weighted by molar-refractivity contribution is 5.96. The number of nitrogens with one attached hydrogen (secondary N) is 2. The number of halogens is 1. The summed E-state index contributed by atoms with van der Waals surface area (Å²) >= 11 is 0. The Bertz CT molecular complexity index is 896. The van der Waals surface area contributed by atoms with Crippen LogP contribution in [0, 0.1) is 11.3 Å². The van der Waals surface area contributed by atoms with E-state index in [-0.39, 0.29) is 29.8 Å². The van der Waals surface area contributed by atoms with Crippen molar-refractivity contribution in [3.8, 4) is 0 Å². The van der Waals surface area contributed by atoms with Crippen molar-refractivity contribution >= 4 is 35.2 Å². The molecule has 2 N–H and O–H groups in total. The molecule has 2 aliphatic heterocycles. The van der Waals surface area contributed by atoms with Gasteiger partial charge in [-0.1, -0.05) is 31.0 Å². The van der Waals surface area contributed by atoms with Crippen LogP contribution < -0.4 is 10.6 Å². The van der Waals surface area contributed by atoms with E-state index < -0.39 is 0 Å². The van der Waals surface area contributed by atoms with Crippen molar-refractivity contribution < 1.29 is 14.0 Å². The van der Waals surface area contributed by atoms with Gasteiger partial charge in [0.05, 0.1) is 5.41 Å². The van der Waals surface area contributed by atoms with E-state index in [0.29, 0.717) is 29.7 Å². The molecule has 1 aromatic heterocycles. The van der Waals surface area contributed by atoms with Crippen LogP contribution >= 0.6 is 12.4 Å². The van der Waals surface area contributed by atoms with Gasteiger partial charge in [-0.05, 0) is 50.3 Å². The van der Waals surface area contributed by atoms with Crippen molar-refractivity contribution in [2.75, 3.05) is 26.2 Å². The monoisotopic (exact) mass is 431 g/mol. The van der Waals surface area contributed by atoms with E-state index in [4.69, 9.17) is 4.42 Å². The minimum absolute atomic E-state index is 0. The van der Waals surface area contributed by atoms with Crippen molar-refractivity contribution in [1.29, 1.82) is 0 Å². The highest BCUT2D eigenvalue weighted by Gasteiger charge is 2.51. The smallest absolute Gasteiger partial charge is 0.287 e. The topological polar surface area (TPSA) is 74.6 Å². The molecule has 2 aromatic rings. The molecule has 30 heavy (non-hydrogen) atoms. The number of para-hydroxylation sites is 1. The van der Waals surface area contributed by atoms with E-state index in [1.807, 2.05) is 29.2 Å². The van der Waals surface area contributed by atoms with Gasteiger partial charge in [0.15, 0.2) is 5.76 Å². The number of likely N-dealkylation sites (tertiary alicyclic amines) is 1. The highest BCUT2D eigenvalue weighted by atomic mass is 35.5. The van der Waals surface area contributed by atoms with Crippen molar-refractivity contribution in [3.05, 3.63) is 36.1 Å². The summed E-state index contributed by atoms with van der Waals surface area (Å²) in [6, 6.07) is 9.39. The van der Waals surface area contributed by atoms with Crippen molar-refractivity contribution in [3.63, 3.8) is 0 Å². The lowest BCUT2D eigenvalue weighted by Gasteiger charge is -2.43. The number of benzene rings is 1. The van der Waals surface area contributed by atoms with E-state index in [1.165, 1.54) is 6.42 Å². The lowest BCUT2D eigenvalue weighted by atomic mass is 9.67. The lowest BCUT2D eigenvalue weighted by Crippen LogP contribution is -2.56. The van der Waals surface area contributed by atoms with Crippen LogP contribution in [-0.4, -0.2) is 48.9 Å². The number of rotatable bonds is 3. The molecule has 3 heterocycles. The quantitative estimate of drug-likeness (QED) is 0.781. The Morgan fingerprint density at radius 2 is 2.03 bits per heavy atom. The predicted molar refractivity (Wildman–Crippen MR) is 118 cm³/mol. The number of fused-ring (bicyclic) bond motifs is 2. The van der Waals surface area contributed by atoms with Crippen LogP contribution in [-0.2, 0) is 4.79 Å². The number of hydrogen-bond donors (Lipinski definition) is 2. The maximum Gasteiger partial charge on any atom is 0.287 e. The summed E-state index contributed by atoms with van der Waals surface area (Å²) in [6.45, 7) is 3.17. The summed E-state index contributed by atoms with van der Waals surface area (Å²) in [4.78, 5) is 28.3. The highest BCUT2D eigenvalue weighted by Crippen LogP contribution is 2.45. The Morgan fingerprint density at radius 1 is 1.17 bits per heavy atom. The summed E-state index contributed by atoms with van der Waals surface area (Å²) < 4.78 is 5.70. The van der Waals surface area contributed by atoms with Crippen LogP contribution in [0.25, 0.3) is 11.0 Å². The molecule has 1 aromatic carbocycles. The molecule has 3 atom stereocenters. The largest absolute Gasteiger partial charge is 0.451 e. The van der Waals surface area contributed by atoms with E-state index in [0.717, 1.165) is 57.1 Å². The minimum atomic E-state index is -0.219. The zero-order valence-corrected chi connectivity index (χ0v) is 18.0. The van der Waals surface area contributed by atoms with Gasteiger partial charge in [0, 0.05) is 31.1 Å². The summed E-state index contributed by atoms with van der Waals surface area (Å²) in [5.41, 5.74) is 0.498. The number of hydrogen-bond acceptors (Lipinski definition) is 4. The Hall–Kier alpha value is -2.05. The number of furan rings is 1. The van der Waals surface area contributed by atoms with Gasteiger partial charge in [-0.15, -0.1) is 12.4 Å². The number of carbonyl (C=O) groups is 2. The van der Waals surface area contributed by atoms with Gasteiger partial charge in [0.25, 0.3) is 5.91 Å². The normalized spacial score (nSPS) is 28.6. The fraction of sp³-hybridized carbons (Fsp3) is 0.565. The van der Waals surface area contributed by atoms with Crippen molar-refractivity contribution in [2.45, 2.75) is 44.6 Å². The number of piperidine rings is 1. The van der Waals surface area contributed by atoms with Crippen LogP contribution in [0.3, 0.4) is 0 Å². The zero-order chi connectivity index (χ0) is 19.8. The van der Waals surface area contributed by atoms with Gasteiger partial charge in [-0.25, -0.2) is 0 Å². The molecule has 3 aliphatic rings. The van der Waals surface area contributed by atoms with Crippen LogP contribution in [0.4, 0.5) is 0 Å². The fourth-order valence-corrected chi connectivity index (χ4v) is 5.61. The minimum Gasteiger partial charge on any atom is -0.451 e. The second-order valence-corrected chi connectivity index (χ2v) is 8.94. The first kappa shape index (κ1) is 21.2. The summed E-state index contributed by atoms with van der Waals surface area (Å²) in [5.74, 6) is 0.904. The molecule has 1 aliphatic carbocycles. The molecule has 162 valence electrons. The molecule has 7 heteroatoms. The number of carbonyl (C=O) groups excluding carboxylic acids is 2. The standard InChI is InChI=1S/C23H29N3O3.ClH/c27-21(20-12-16-6-1-2-9-19(16)29-20)25-18-8-5-11-26(14-18)22(28)23-10-4-3-7-17(23)13-24-15-23;/h1-2,6,9,12,17-18,24H,3-5,7-8,10-11,13-15H2,(H,25,27);1H/t17-,18?,23+;/m0./s1. The summed E-state index contributed by atoms with van der Waals surface area (Å²) in [5, 5.41) is 7.50. The molecule has 0 spiro atoms. The van der Waals surface area contributed by atoms with Crippen LogP contribution in [0.1, 0.15) is 49.1 Å². The first-order valence-electron chi connectivity index (χ1n) is 11.0. The van der Waals surface area contributed by atoms with E-state index in [9.17, 15) is 9.59 Å². The van der Waals surface area contributed by atoms with Crippen LogP contribution in [0.15, 0.2) is 34.7 Å². The second-order valence-electron chi connectivity index (χ2n) is 8.94. The van der Waals surface area contributed by atoms with Gasteiger partial charge < -0.3 is 20.0 Å². The third-order valence-corrected chi connectivity index (χ3v) is 7.16. The molecular weight excluding hydrogens is 402 g/mol. The fourth-order valence-electron chi connectivity index (χ4n) is 5.61. The average molecular weight is 432 g/mol. The molecular formula is C23H30ClN3O3. The predicted octanol–water partition coefficient (Wildman–Crippen LogP) is 3.36. The van der Waals surface area contributed by atoms with E-state index in [2.05, 4.69) is 10.6 Å². The Morgan fingerprint density at radius 3 is 2.90 bits per heavy atom. The maximum atomic E-state index is 13.5. The van der Waals surface area contributed by atoms with Crippen LogP contribution in [0.2, 0.25) is 0 Å². The molecule has 1 unspecified atom stereocenters. The van der Waals surface area contributed by atoms with Crippen molar-refractivity contribution in [2.24, 2.45) is 11.3 Å². The number of nitrogens with zero attached hydrogens (tertiary/aromatic N) is 1. The van der Waals surface area contributed by atoms with Gasteiger partial charge in [0.1, 0.15) is 5.58 Å². The van der Waals surface area contributed by atoms with Gasteiger partial charge in [-0.2, -0.15) is 0 Å². The molecule has 3 fully saturated rings. The molecule has 2 amide bonds. The molecule has 1 saturated carbocycles.